The summed E-state index contributed by atoms with van der Waals surface area (Å²) >= 11 is 12.8. The molecule has 1 fully saturated rings. The van der Waals surface area contributed by atoms with Crippen molar-refractivity contribution in [1.29, 1.82) is 0 Å². The molecule has 2 amide bonds. The topological polar surface area (TPSA) is 113 Å². The second kappa shape index (κ2) is 10.6. The van der Waals surface area contributed by atoms with Gasteiger partial charge in [0.05, 0.1) is 42.6 Å². The number of carbonyl (C=O) groups excluding carboxylic acids is 2. The van der Waals surface area contributed by atoms with Crippen LogP contribution >= 0.6 is 23.2 Å². The van der Waals surface area contributed by atoms with Crippen LogP contribution < -0.4 is 10.5 Å². The molecule has 42 heavy (non-hydrogen) atoms. The summed E-state index contributed by atoms with van der Waals surface area (Å²) in [4.78, 5) is 32.0. The SMILES string of the molecule is COc1cc2ccc3c(C(=O)N4CCOCC4(C)C)nn(-c4cc(Cl)cc(Cl)c4)c3c2cc1-c1cncc(C(N)=O)c1. The van der Waals surface area contributed by atoms with E-state index >= 15 is 0 Å². The van der Waals surface area contributed by atoms with E-state index in [1.165, 1.54) is 6.20 Å². The van der Waals surface area contributed by atoms with Crippen LogP contribution in [0.1, 0.15) is 34.7 Å². The van der Waals surface area contributed by atoms with Gasteiger partial charge in [0.2, 0.25) is 5.91 Å². The van der Waals surface area contributed by atoms with E-state index in [0.29, 0.717) is 69.0 Å². The molecule has 2 aromatic heterocycles. The Hall–Kier alpha value is -4.18. The zero-order valence-corrected chi connectivity index (χ0v) is 24.7. The number of primary amides is 1. The Morgan fingerprint density at radius 2 is 1.79 bits per heavy atom. The molecule has 0 radical (unpaired) electrons. The molecule has 2 N–H and O–H groups in total. The van der Waals surface area contributed by atoms with Gasteiger partial charge in [0.1, 0.15) is 5.75 Å². The fourth-order valence-electron chi connectivity index (χ4n) is 5.44. The monoisotopic (exact) mass is 603 g/mol. The predicted molar refractivity (Wildman–Crippen MR) is 163 cm³/mol. The number of rotatable bonds is 5. The molecule has 0 bridgehead atoms. The number of aromatic nitrogens is 3. The molecule has 1 saturated heterocycles. The van der Waals surface area contributed by atoms with Gasteiger partial charge in [-0.2, -0.15) is 5.10 Å². The first-order valence-electron chi connectivity index (χ1n) is 13.2. The highest BCUT2D eigenvalue weighted by Crippen LogP contribution is 2.39. The van der Waals surface area contributed by atoms with Gasteiger partial charge in [0.25, 0.3) is 5.91 Å². The van der Waals surface area contributed by atoms with E-state index in [1.54, 1.807) is 47.2 Å². The van der Waals surface area contributed by atoms with E-state index in [0.717, 1.165) is 10.8 Å². The van der Waals surface area contributed by atoms with Gasteiger partial charge in [-0.3, -0.25) is 14.6 Å². The van der Waals surface area contributed by atoms with E-state index in [-0.39, 0.29) is 11.5 Å². The summed E-state index contributed by atoms with van der Waals surface area (Å²) in [6.07, 6.45) is 3.06. The highest BCUT2D eigenvalue weighted by molar-refractivity contribution is 6.35. The van der Waals surface area contributed by atoms with Crippen molar-refractivity contribution in [3.63, 3.8) is 0 Å². The normalized spacial score (nSPS) is 14.8. The molecule has 1 aliphatic heterocycles. The maximum absolute atomic E-state index is 14.1. The number of hydrogen-bond donors (Lipinski definition) is 1. The summed E-state index contributed by atoms with van der Waals surface area (Å²) in [6, 6.07) is 14.5. The zero-order chi connectivity index (χ0) is 29.8. The summed E-state index contributed by atoms with van der Waals surface area (Å²) in [5, 5.41) is 8.04. The van der Waals surface area contributed by atoms with Crippen molar-refractivity contribution in [2.24, 2.45) is 5.73 Å². The van der Waals surface area contributed by atoms with E-state index in [2.05, 4.69) is 4.98 Å². The quantitative estimate of drug-likeness (QED) is 0.267. The summed E-state index contributed by atoms with van der Waals surface area (Å²) < 4.78 is 13.1. The first-order chi connectivity index (χ1) is 20.1. The molecule has 0 saturated carbocycles. The molecule has 214 valence electrons. The Morgan fingerprint density at radius 3 is 2.48 bits per heavy atom. The second-order valence-corrected chi connectivity index (χ2v) is 11.6. The molecular weight excluding hydrogens is 577 g/mol. The van der Waals surface area contributed by atoms with Crippen molar-refractivity contribution in [3.05, 3.63) is 82.2 Å². The lowest BCUT2D eigenvalue weighted by Gasteiger charge is -2.41. The van der Waals surface area contributed by atoms with Crippen LogP contribution in [0, 0.1) is 0 Å². The minimum Gasteiger partial charge on any atom is -0.496 e. The number of pyridine rings is 1. The number of amides is 2. The number of fused-ring (bicyclic) bond motifs is 3. The van der Waals surface area contributed by atoms with Crippen molar-refractivity contribution < 1.29 is 19.1 Å². The Kier molecular flexibility index (Phi) is 7.04. The van der Waals surface area contributed by atoms with Crippen LogP contribution in [-0.4, -0.2) is 63.9 Å². The lowest BCUT2D eigenvalue weighted by Crippen LogP contribution is -2.55. The largest absolute Gasteiger partial charge is 0.496 e. The Bertz CT molecular complexity index is 1880. The number of hydrogen-bond acceptors (Lipinski definition) is 6. The average Bonchev–Trinajstić information content (AvgIpc) is 3.36. The molecule has 9 nitrogen and oxygen atoms in total. The number of halogens is 2. The van der Waals surface area contributed by atoms with Gasteiger partial charge >= 0.3 is 0 Å². The number of carbonyl (C=O) groups is 2. The molecule has 11 heteroatoms. The zero-order valence-electron chi connectivity index (χ0n) is 23.1. The summed E-state index contributed by atoms with van der Waals surface area (Å²) in [7, 11) is 1.58. The minimum absolute atomic E-state index is 0.202. The highest BCUT2D eigenvalue weighted by atomic mass is 35.5. The number of benzene rings is 3. The van der Waals surface area contributed by atoms with Gasteiger partial charge in [-0.25, -0.2) is 4.68 Å². The van der Waals surface area contributed by atoms with Crippen molar-refractivity contribution in [2.75, 3.05) is 26.9 Å². The molecule has 0 unspecified atom stereocenters. The molecular formula is C31H27Cl2N5O4. The number of morpholine rings is 1. The summed E-state index contributed by atoms with van der Waals surface area (Å²) in [5.41, 5.74) is 8.20. The first-order valence-corrected chi connectivity index (χ1v) is 14.0. The van der Waals surface area contributed by atoms with Gasteiger partial charge in [0, 0.05) is 50.9 Å². The maximum atomic E-state index is 14.1. The molecule has 0 spiro atoms. The molecule has 3 aromatic carbocycles. The predicted octanol–water partition coefficient (Wildman–Crippen LogP) is 5.91. The maximum Gasteiger partial charge on any atom is 0.275 e. The van der Waals surface area contributed by atoms with Crippen LogP contribution in [0.3, 0.4) is 0 Å². The van der Waals surface area contributed by atoms with E-state index < -0.39 is 11.4 Å². The smallest absolute Gasteiger partial charge is 0.275 e. The third-order valence-electron chi connectivity index (χ3n) is 7.50. The van der Waals surface area contributed by atoms with Crippen molar-refractivity contribution in [2.45, 2.75) is 19.4 Å². The van der Waals surface area contributed by atoms with Crippen LogP contribution in [0.25, 0.3) is 38.5 Å². The molecule has 1 aliphatic rings. The average molecular weight is 604 g/mol. The van der Waals surface area contributed by atoms with Gasteiger partial charge < -0.3 is 20.1 Å². The minimum atomic E-state index is -0.586. The van der Waals surface area contributed by atoms with E-state index in [4.69, 9.17) is 43.5 Å². The van der Waals surface area contributed by atoms with Crippen LogP contribution in [0.15, 0.2) is 60.9 Å². The Labute approximate surface area is 251 Å². The van der Waals surface area contributed by atoms with Crippen molar-refractivity contribution in [1.82, 2.24) is 19.7 Å². The lowest BCUT2D eigenvalue weighted by molar-refractivity contribution is -0.0372. The van der Waals surface area contributed by atoms with Crippen LogP contribution in [-0.2, 0) is 4.74 Å². The number of nitrogens with two attached hydrogens (primary N) is 1. The van der Waals surface area contributed by atoms with Gasteiger partial charge in [-0.15, -0.1) is 0 Å². The Balaban J connectivity index is 1.66. The molecule has 0 aliphatic carbocycles. The standard InChI is InChI=1S/C31H27Cl2N5O4/c1-31(2)16-42-7-6-37(31)30(40)27-23-5-4-17-9-26(41-3)24(18-8-19(29(34)39)15-35-14-18)13-25(17)28(23)38(36-27)22-11-20(32)10-21(33)12-22/h4-5,8-15H,6-7,16H2,1-3H3,(H2,34,39). The lowest BCUT2D eigenvalue weighted by atomic mass is 9.97. The van der Waals surface area contributed by atoms with Crippen LogP contribution in [0.4, 0.5) is 0 Å². The number of methoxy groups -OCH3 is 1. The van der Waals surface area contributed by atoms with Crippen LogP contribution in [0.2, 0.25) is 10.0 Å². The van der Waals surface area contributed by atoms with E-state index in [1.807, 2.05) is 38.1 Å². The highest BCUT2D eigenvalue weighted by Gasteiger charge is 2.37. The molecule has 6 rings (SSSR count). The number of nitrogens with zero attached hydrogens (tertiary/aromatic N) is 4. The fraction of sp³-hybridized carbons (Fsp3) is 0.226. The molecule has 0 atom stereocenters. The fourth-order valence-corrected chi connectivity index (χ4v) is 5.96. The third-order valence-corrected chi connectivity index (χ3v) is 7.93. The number of ether oxygens (including phenoxy) is 2. The van der Waals surface area contributed by atoms with Gasteiger partial charge in [-0.05, 0) is 61.7 Å². The van der Waals surface area contributed by atoms with Crippen molar-refractivity contribution in [3.8, 4) is 22.6 Å². The second-order valence-electron chi connectivity index (χ2n) is 10.8. The summed E-state index contributed by atoms with van der Waals surface area (Å²) in [6.45, 7) is 5.26. The van der Waals surface area contributed by atoms with Gasteiger partial charge in [0.15, 0.2) is 5.69 Å². The third kappa shape index (κ3) is 4.83. The first kappa shape index (κ1) is 28.0. The molecule has 5 aromatic rings. The van der Waals surface area contributed by atoms with E-state index in [9.17, 15) is 9.59 Å². The van der Waals surface area contributed by atoms with Gasteiger partial charge in [-0.1, -0.05) is 29.3 Å². The summed E-state index contributed by atoms with van der Waals surface area (Å²) in [5.74, 6) is -0.211. The van der Waals surface area contributed by atoms with Crippen molar-refractivity contribution >= 4 is 56.7 Å². The molecule has 3 heterocycles. The Morgan fingerprint density at radius 1 is 1.02 bits per heavy atom. The van der Waals surface area contributed by atoms with Crippen LogP contribution in [0.5, 0.6) is 5.75 Å².